The third kappa shape index (κ3) is 5.72. The third-order valence-corrected chi connectivity index (χ3v) is 3.83. The summed E-state index contributed by atoms with van der Waals surface area (Å²) in [6.07, 6.45) is 0. The van der Waals surface area contributed by atoms with Crippen LogP contribution in [0, 0.1) is 6.92 Å². The first-order chi connectivity index (χ1) is 11.8. The molecule has 6 nitrogen and oxygen atoms in total. The van der Waals surface area contributed by atoms with Gasteiger partial charge >= 0.3 is 5.97 Å². The van der Waals surface area contributed by atoms with E-state index in [-0.39, 0.29) is 5.91 Å². The van der Waals surface area contributed by atoms with Crippen molar-refractivity contribution in [2.45, 2.75) is 13.8 Å². The lowest BCUT2D eigenvalue weighted by atomic mass is 10.2. The monoisotopic (exact) mass is 404 g/mol. The highest BCUT2D eigenvalue weighted by Crippen LogP contribution is 2.23. The lowest BCUT2D eigenvalue weighted by molar-refractivity contribution is -0.119. The van der Waals surface area contributed by atoms with Gasteiger partial charge in [0.15, 0.2) is 6.61 Å². The van der Waals surface area contributed by atoms with Gasteiger partial charge in [-0.05, 0) is 64.8 Å². The van der Waals surface area contributed by atoms with E-state index >= 15 is 0 Å². The molecule has 2 N–H and O–H groups in total. The molecule has 0 unspecified atom stereocenters. The average molecular weight is 405 g/mol. The summed E-state index contributed by atoms with van der Waals surface area (Å²) in [5.41, 5.74) is 2.52. The van der Waals surface area contributed by atoms with E-state index in [1.807, 2.05) is 19.1 Å². The Morgan fingerprint density at radius 3 is 2.32 bits per heavy atom. The molecule has 25 heavy (non-hydrogen) atoms. The quantitative estimate of drug-likeness (QED) is 0.746. The van der Waals surface area contributed by atoms with Crippen LogP contribution in [0.2, 0.25) is 0 Å². The largest absolute Gasteiger partial charge is 0.452 e. The molecule has 0 spiro atoms. The van der Waals surface area contributed by atoms with Crippen LogP contribution in [0.25, 0.3) is 0 Å². The van der Waals surface area contributed by atoms with Crippen molar-refractivity contribution in [3.63, 3.8) is 0 Å². The summed E-state index contributed by atoms with van der Waals surface area (Å²) in [6, 6.07) is 11.7. The molecular weight excluding hydrogens is 388 g/mol. The van der Waals surface area contributed by atoms with Crippen molar-refractivity contribution in [3.05, 3.63) is 58.1 Å². The summed E-state index contributed by atoms with van der Waals surface area (Å²) >= 11 is 3.36. The normalized spacial score (nSPS) is 10.0. The van der Waals surface area contributed by atoms with Crippen molar-refractivity contribution >= 4 is 45.1 Å². The highest BCUT2D eigenvalue weighted by atomic mass is 79.9. The topological polar surface area (TPSA) is 84.5 Å². The predicted octanol–water partition coefficient (Wildman–Crippen LogP) is 3.51. The molecule has 2 rings (SSSR count). The van der Waals surface area contributed by atoms with Crippen molar-refractivity contribution < 1.29 is 19.1 Å². The first kappa shape index (κ1) is 18.7. The van der Waals surface area contributed by atoms with E-state index in [1.165, 1.54) is 19.1 Å². The highest BCUT2D eigenvalue weighted by Gasteiger charge is 2.11. The fourth-order valence-electron chi connectivity index (χ4n) is 2.02. The summed E-state index contributed by atoms with van der Waals surface area (Å²) in [5.74, 6) is -1.26. The number of carbonyl (C=O) groups excluding carboxylic acids is 3. The Morgan fingerprint density at radius 1 is 1.04 bits per heavy atom. The molecule has 0 bridgehead atoms. The van der Waals surface area contributed by atoms with Crippen molar-refractivity contribution in [1.82, 2.24) is 0 Å². The Kier molecular flexibility index (Phi) is 6.30. The van der Waals surface area contributed by atoms with Crippen LogP contribution in [0.3, 0.4) is 0 Å². The number of benzene rings is 2. The first-order valence-corrected chi connectivity index (χ1v) is 8.25. The number of nitrogens with one attached hydrogen (secondary N) is 2. The number of hydrogen-bond donors (Lipinski definition) is 2. The van der Waals surface area contributed by atoms with Crippen LogP contribution in [-0.2, 0) is 14.3 Å². The maximum atomic E-state index is 11.9. The minimum absolute atomic E-state index is 0.200. The Labute approximate surface area is 153 Å². The number of esters is 1. The van der Waals surface area contributed by atoms with E-state index in [2.05, 4.69) is 26.6 Å². The molecule has 0 aliphatic rings. The molecule has 0 aromatic heterocycles. The zero-order valence-corrected chi connectivity index (χ0v) is 15.3. The van der Waals surface area contributed by atoms with Gasteiger partial charge in [-0.2, -0.15) is 0 Å². The first-order valence-electron chi connectivity index (χ1n) is 7.46. The second kappa shape index (κ2) is 8.43. The molecule has 130 valence electrons. The molecule has 0 aliphatic carbocycles. The molecular formula is C18H17BrN2O4. The number of halogens is 1. The van der Waals surface area contributed by atoms with Gasteiger partial charge in [0.1, 0.15) is 0 Å². The maximum Gasteiger partial charge on any atom is 0.338 e. The van der Waals surface area contributed by atoms with Gasteiger partial charge in [0.2, 0.25) is 5.91 Å². The van der Waals surface area contributed by atoms with Gasteiger partial charge in [-0.3, -0.25) is 9.59 Å². The fourth-order valence-corrected chi connectivity index (χ4v) is 2.61. The molecule has 0 saturated heterocycles. The number of carbonyl (C=O) groups is 3. The molecule has 0 aliphatic heterocycles. The summed E-state index contributed by atoms with van der Waals surface area (Å²) in [4.78, 5) is 34.8. The minimum atomic E-state index is -0.618. The smallest absolute Gasteiger partial charge is 0.338 e. The summed E-state index contributed by atoms with van der Waals surface area (Å²) in [5, 5.41) is 5.26. The lowest BCUT2D eigenvalue weighted by Crippen LogP contribution is -2.21. The number of rotatable bonds is 5. The van der Waals surface area contributed by atoms with Crippen LogP contribution in [0.5, 0.6) is 0 Å². The van der Waals surface area contributed by atoms with E-state index in [1.54, 1.807) is 18.2 Å². The van der Waals surface area contributed by atoms with Crippen LogP contribution in [0.1, 0.15) is 22.8 Å². The van der Waals surface area contributed by atoms with Crippen LogP contribution in [0.4, 0.5) is 11.4 Å². The van der Waals surface area contributed by atoms with Crippen LogP contribution in [-0.4, -0.2) is 24.4 Å². The number of anilines is 2. The van der Waals surface area contributed by atoms with Crippen molar-refractivity contribution in [2.24, 2.45) is 0 Å². The lowest BCUT2D eigenvalue weighted by Gasteiger charge is -2.09. The zero-order chi connectivity index (χ0) is 18.4. The second-order valence-electron chi connectivity index (χ2n) is 5.37. The van der Waals surface area contributed by atoms with Gasteiger partial charge in [0, 0.05) is 17.1 Å². The molecule has 0 radical (unpaired) electrons. The maximum absolute atomic E-state index is 11.9. The second-order valence-corrected chi connectivity index (χ2v) is 6.22. The summed E-state index contributed by atoms with van der Waals surface area (Å²) in [6.45, 7) is 2.94. The molecule has 0 fully saturated rings. The van der Waals surface area contributed by atoms with Gasteiger partial charge in [0.25, 0.3) is 5.91 Å². The SMILES string of the molecule is CC(=O)Nc1ccc(C(=O)OCC(=O)Nc2ccc(C)cc2Br)cc1. The van der Waals surface area contributed by atoms with Gasteiger partial charge in [-0.1, -0.05) is 6.07 Å². The number of amides is 2. The Morgan fingerprint density at radius 2 is 1.72 bits per heavy atom. The summed E-state index contributed by atoms with van der Waals surface area (Å²) < 4.78 is 5.74. The molecule has 0 atom stereocenters. The van der Waals surface area contributed by atoms with Gasteiger partial charge in [-0.15, -0.1) is 0 Å². The Bertz CT molecular complexity index is 803. The van der Waals surface area contributed by atoms with Crippen LogP contribution in [0.15, 0.2) is 46.9 Å². The van der Waals surface area contributed by atoms with Crippen LogP contribution >= 0.6 is 15.9 Å². The third-order valence-electron chi connectivity index (χ3n) is 3.17. The van der Waals surface area contributed by atoms with Gasteiger partial charge < -0.3 is 15.4 Å². The Hall–Kier alpha value is -2.67. The minimum Gasteiger partial charge on any atom is -0.452 e. The van der Waals surface area contributed by atoms with Crippen molar-refractivity contribution in [1.29, 1.82) is 0 Å². The van der Waals surface area contributed by atoms with Gasteiger partial charge in [0.05, 0.1) is 11.3 Å². The van der Waals surface area contributed by atoms with Crippen LogP contribution < -0.4 is 10.6 Å². The highest BCUT2D eigenvalue weighted by molar-refractivity contribution is 9.10. The molecule has 0 heterocycles. The van der Waals surface area contributed by atoms with Crippen molar-refractivity contribution in [3.8, 4) is 0 Å². The standard InChI is InChI=1S/C18H17BrN2O4/c1-11-3-8-16(15(19)9-11)21-17(23)10-25-18(24)13-4-6-14(7-5-13)20-12(2)22/h3-9H,10H2,1-2H3,(H,20,22)(H,21,23). The van der Waals surface area contributed by atoms with Crippen molar-refractivity contribution in [2.75, 3.05) is 17.2 Å². The van der Waals surface area contributed by atoms with E-state index < -0.39 is 18.5 Å². The molecule has 2 aromatic carbocycles. The zero-order valence-electron chi connectivity index (χ0n) is 13.8. The number of aryl methyl sites for hydroxylation is 1. The van der Waals surface area contributed by atoms with E-state index in [0.717, 1.165) is 10.0 Å². The number of hydrogen-bond acceptors (Lipinski definition) is 4. The predicted molar refractivity (Wildman–Crippen MR) is 98.5 cm³/mol. The fraction of sp³-hybridized carbons (Fsp3) is 0.167. The van der Waals surface area contributed by atoms with E-state index in [0.29, 0.717) is 16.9 Å². The Balaban J connectivity index is 1.88. The molecule has 7 heteroatoms. The molecule has 2 aromatic rings. The molecule has 0 saturated carbocycles. The summed E-state index contributed by atoms with van der Waals surface area (Å²) in [7, 11) is 0. The molecule has 2 amide bonds. The number of ether oxygens (including phenoxy) is 1. The average Bonchev–Trinajstić information content (AvgIpc) is 2.55. The van der Waals surface area contributed by atoms with E-state index in [4.69, 9.17) is 4.74 Å². The van der Waals surface area contributed by atoms with E-state index in [9.17, 15) is 14.4 Å². The van der Waals surface area contributed by atoms with Gasteiger partial charge in [-0.25, -0.2) is 4.79 Å².